The lowest BCUT2D eigenvalue weighted by atomic mass is 10.1. The summed E-state index contributed by atoms with van der Waals surface area (Å²) in [6.07, 6.45) is 0. The molecule has 29 heavy (non-hydrogen) atoms. The molecule has 0 atom stereocenters. The highest BCUT2D eigenvalue weighted by atomic mass is 35.5. The van der Waals surface area contributed by atoms with Crippen LogP contribution in [0.2, 0.25) is 0 Å². The van der Waals surface area contributed by atoms with Gasteiger partial charge in [-0.1, -0.05) is 0 Å². The quantitative estimate of drug-likeness (QED) is 0.568. The van der Waals surface area contributed by atoms with E-state index in [2.05, 4.69) is 15.5 Å². The van der Waals surface area contributed by atoms with Gasteiger partial charge in [-0.05, 0) is 61.5 Å². The summed E-state index contributed by atoms with van der Waals surface area (Å²) in [6, 6.07) is 16.2. The fourth-order valence-corrected chi connectivity index (χ4v) is 2.60. The number of esters is 1. The normalized spacial score (nSPS) is 9.90. The number of aromatic nitrogens is 2. The summed E-state index contributed by atoms with van der Waals surface area (Å²) in [5.41, 5.74) is 2.88. The maximum Gasteiger partial charge on any atom is 0.338 e. The van der Waals surface area contributed by atoms with E-state index in [1.54, 1.807) is 45.4 Å². The first-order chi connectivity index (χ1) is 13.6. The number of hydrogen-bond acceptors (Lipinski definition) is 7. The van der Waals surface area contributed by atoms with Crippen molar-refractivity contribution in [1.29, 1.82) is 0 Å². The fourth-order valence-electron chi connectivity index (χ4n) is 2.60. The Balaban J connectivity index is 0.00000300. The van der Waals surface area contributed by atoms with Gasteiger partial charge in [-0.3, -0.25) is 0 Å². The maximum atomic E-state index is 11.7. The number of nitrogens with one attached hydrogen (secondary N) is 1. The molecule has 8 heteroatoms. The van der Waals surface area contributed by atoms with Crippen molar-refractivity contribution in [3.8, 4) is 22.8 Å². The minimum absolute atomic E-state index is 0. The molecule has 3 aromatic rings. The Bertz CT molecular complexity index is 947. The summed E-state index contributed by atoms with van der Waals surface area (Å²) in [7, 11) is 3.19. The van der Waals surface area contributed by atoms with Gasteiger partial charge in [0.1, 0.15) is 0 Å². The van der Waals surface area contributed by atoms with E-state index in [9.17, 15) is 4.79 Å². The van der Waals surface area contributed by atoms with Gasteiger partial charge in [0.25, 0.3) is 0 Å². The zero-order valence-electron chi connectivity index (χ0n) is 16.3. The predicted molar refractivity (Wildman–Crippen MR) is 114 cm³/mol. The SMILES string of the molecule is CCOC(=O)c1ccc(Nc2ccc(-c3ccc(OC)c(OC)c3)nn2)cc1.Cl. The molecule has 152 valence electrons. The number of hydrogen-bond donors (Lipinski definition) is 1. The van der Waals surface area contributed by atoms with Gasteiger partial charge in [0.15, 0.2) is 17.3 Å². The first-order valence-electron chi connectivity index (χ1n) is 8.75. The second-order valence-electron chi connectivity index (χ2n) is 5.80. The number of benzene rings is 2. The number of halogens is 1. The Labute approximate surface area is 175 Å². The molecule has 0 saturated heterocycles. The lowest BCUT2D eigenvalue weighted by Gasteiger charge is -2.10. The van der Waals surface area contributed by atoms with Gasteiger partial charge in [0.2, 0.25) is 0 Å². The molecule has 2 aromatic carbocycles. The summed E-state index contributed by atoms with van der Waals surface area (Å²) < 4.78 is 15.5. The molecule has 0 unspecified atom stereocenters. The molecular formula is C21H22ClN3O4. The fraction of sp³-hybridized carbons (Fsp3) is 0.190. The van der Waals surface area contributed by atoms with Gasteiger partial charge < -0.3 is 19.5 Å². The molecule has 1 N–H and O–H groups in total. The molecular weight excluding hydrogens is 394 g/mol. The molecule has 0 radical (unpaired) electrons. The summed E-state index contributed by atoms with van der Waals surface area (Å²) >= 11 is 0. The lowest BCUT2D eigenvalue weighted by molar-refractivity contribution is 0.0526. The molecule has 3 rings (SSSR count). The second-order valence-corrected chi connectivity index (χ2v) is 5.80. The standard InChI is InChI=1S/C21H21N3O4.ClH/c1-4-28-21(25)14-5-8-16(9-6-14)22-20-12-10-17(23-24-20)15-7-11-18(26-2)19(13-15)27-3;/h5-13H,4H2,1-3H3,(H,22,24);1H. The smallest absolute Gasteiger partial charge is 0.338 e. The summed E-state index contributed by atoms with van der Waals surface area (Å²) in [6.45, 7) is 2.12. The number of anilines is 2. The van der Waals surface area contributed by atoms with Gasteiger partial charge in [-0.25, -0.2) is 4.79 Å². The molecule has 1 aromatic heterocycles. The Hall–Kier alpha value is -3.32. The molecule has 0 amide bonds. The zero-order valence-corrected chi connectivity index (χ0v) is 17.2. The minimum atomic E-state index is -0.340. The van der Waals surface area contributed by atoms with Crippen LogP contribution in [-0.2, 0) is 4.74 Å². The third-order valence-corrected chi connectivity index (χ3v) is 4.01. The van der Waals surface area contributed by atoms with Crippen LogP contribution in [-0.4, -0.2) is 37.0 Å². The van der Waals surface area contributed by atoms with Crippen molar-refractivity contribution >= 4 is 29.9 Å². The average Bonchev–Trinajstić information content (AvgIpc) is 2.74. The van der Waals surface area contributed by atoms with Gasteiger partial charge >= 0.3 is 5.97 Å². The van der Waals surface area contributed by atoms with E-state index in [1.165, 1.54) is 0 Å². The molecule has 0 saturated carbocycles. The first-order valence-corrected chi connectivity index (χ1v) is 8.75. The second kappa shape index (κ2) is 10.3. The van der Waals surface area contributed by atoms with E-state index in [1.807, 2.05) is 30.3 Å². The zero-order chi connectivity index (χ0) is 19.9. The van der Waals surface area contributed by atoms with Crippen molar-refractivity contribution in [2.75, 3.05) is 26.1 Å². The number of ether oxygens (including phenoxy) is 3. The maximum absolute atomic E-state index is 11.7. The van der Waals surface area contributed by atoms with Crippen LogP contribution in [0.1, 0.15) is 17.3 Å². The largest absolute Gasteiger partial charge is 0.493 e. The summed E-state index contributed by atoms with van der Waals surface area (Å²) in [5, 5.41) is 11.6. The van der Waals surface area contributed by atoms with Crippen LogP contribution in [0.15, 0.2) is 54.6 Å². The average molecular weight is 416 g/mol. The van der Waals surface area contributed by atoms with E-state index < -0.39 is 0 Å². The molecule has 0 aliphatic rings. The first kappa shape index (κ1) is 22.0. The molecule has 0 aliphatic carbocycles. The van der Waals surface area contributed by atoms with Crippen molar-refractivity contribution in [3.05, 3.63) is 60.2 Å². The Morgan fingerprint density at radius 2 is 1.66 bits per heavy atom. The van der Waals surface area contributed by atoms with Crippen LogP contribution >= 0.6 is 12.4 Å². The number of methoxy groups -OCH3 is 2. The monoisotopic (exact) mass is 415 g/mol. The van der Waals surface area contributed by atoms with Gasteiger partial charge in [-0.2, -0.15) is 0 Å². The number of carbonyl (C=O) groups is 1. The molecule has 0 spiro atoms. The van der Waals surface area contributed by atoms with Crippen LogP contribution in [0, 0.1) is 0 Å². The van der Waals surface area contributed by atoms with Crippen molar-refractivity contribution in [3.63, 3.8) is 0 Å². The van der Waals surface area contributed by atoms with Crippen LogP contribution in [0.4, 0.5) is 11.5 Å². The van der Waals surface area contributed by atoms with Gasteiger partial charge in [-0.15, -0.1) is 22.6 Å². The molecule has 0 bridgehead atoms. The Kier molecular flexibility index (Phi) is 7.79. The highest BCUT2D eigenvalue weighted by Crippen LogP contribution is 2.31. The van der Waals surface area contributed by atoms with E-state index >= 15 is 0 Å². The van der Waals surface area contributed by atoms with Gasteiger partial charge in [0.05, 0.1) is 32.1 Å². The third kappa shape index (κ3) is 5.36. The van der Waals surface area contributed by atoms with Crippen molar-refractivity contribution in [1.82, 2.24) is 10.2 Å². The van der Waals surface area contributed by atoms with Crippen LogP contribution in [0.5, 0.6) is 11.5 Å². The summed E-state index contributed by atoms with van der Waals surface area (Å²) in [5.74, 6) is 1.54. The molecule has 1 heterocycles. The molecule has 7 nitrogen and oxygen atoms in total. The predicted octanol–water partition coefficient (Wildman–Crippen LogP) is 4.50. The number of rotatable bonds is 7. The molecule has 0 fully saturated rings. The van der Waals surface area contributed by atoms with E-state index in [-0.39, 0.29) is 18.4 Å². The highest BCUT2D eigenvalue weighted by Gasteiger charge is 2.09. The number of carbonyl (C=O) groups excluding carboxylic acids is 1. The topological polar surface area (TPSA) is 82.6 Å². The van der Waals surface area contributed by atoms with E-state index in [0.717, 1.165) is 11.3 Å². The van der Waals surface area contributed by atoms with Crippen molar-refractivity contribution in [2.24, 2.45) is 0 Å². The van der Waals surface area contributed by atoms with Gasteiger partial charge in [0, 0.05) is 11.3 Å². The van der Waals surface area contributed by atoms with Crippen LogP contribution in [0.3, 0.4) is 0 Å². The Morgan fingerprint density at radius 3 is 2.24 bits per heavy atom. The van der Waals surface area contributed by atoms with E-state index in [0.29, 0.717) is 35.2 Å². The number of nitrogens with zero attached hydrogens (tertiary/aromatic N) is 2. The van der Waals surface area contributed by atoms with Crippen molar-refractivity contribution < 1.29 is 19.0 Å². The molecule has 0 aliphatic heterocycles. The van der Waals surface area contributed by atoms with Crippen LogP contribution < -0.4 is 14.8 Å². The van der Waals surface area contributed by atoms with Crippen LogP contribution in [0.25, 0.3) is 11.3 Å². The summed E-state index contributed by atoms with van der Waals surface area (Å²) in [4.78, 5) is 11.7. The minimum Gasteiger partial charge on any atom is -0.493 e. The highest BCUT2D eigenvalue weighted by molar-refractivity contribution is 5.89. The third-order valence-electron chi connectivity index (χ3n) is 4.01. The van der Waals surface area contributed by atoms with E-state index in [4.69, 9.17) is 14.2 Å². The Morgan fingerprint density at radius 1 is 0.931 bits per heavy atom. The lowest BCUT2D eigenvalue weighted by Crippen LogP contribution is -2.04. The van der Waals surface area contributed by atoms with Crippen molar-refractivity contribution in [2.45, 2.75) is 6.92 Å².